The highest BCUT2D eigenvalue weighted by Gasteiger charge is 2.23. The summed E-state index contributed by atoms with van der Waals surface area (Å²) in [7, 11) is 0. The van der Waals surface area contributed by atoms with Gasteiger partial charge in [-0.2, -0.15) is 5.26 Å². The third kappa shape index (κ3) is 2.30. The van der Waals surface area contributed by atoms with Gasteiger partial charge < -0.3 is 4.98 Å². The quantitative estimate of drug-likeness (QED) is 0.519. The van der Waals surface area contributed by atoms with E-state index in [0.717, 1.165) is 26.9 Å². The molecule has 5 heteroatoms. The molecule has 0 aliphatic rings. The van der Waals surface area contributed by atoms with Crippen molar-refractivity contribution in [1.82, 2.24) is 9.38 Å². The Labute approximate surface area is 155 Å². The van der Waals surface area contributed by atoms with E-state index in [1.54, 1.807) is 15.7 Å². The minimum Gasteiger partial charge on any atom is -0.342 e. The molecule has 1 N–H and O–H groups in total. The number of nitriles is 1. The number of pyridine rings is 1. The monoisotopic (exact) mass is 361 g/mol. The molecule has 4 rings (SSSR count). The van der Waals surface area contributed by atoms with E-state index in [1.807, 2.05) is 42.8 Å². The molecular formula is C21H19N3OS. The van der Waals surface area contributed by atoms with Gasteiger partial charge in [-0.05, 0) is 18.6 Å². The Morgan fingerprint density at radius 1 is 1.23 bits per heavy atom. The SMILES string of the molecule is Cc1c(-c2csc3ccccc23)c(=O)n2cc(C(C)(C)C)[nH]c2c1C#N. The summed E-state index contributed by atoms with van der Waals surface area (Å²) >= 11 is 1.62. The summed E-state index contributed by atoms with van der Waals surface area (Å²) < 4.78 is 2.72. The number of fused-ring (bicyclic) bond motifs is 2. The van der Waals surface area contributed by atoms with E-state index < -0.39 is 0 Å². The fourth-order valence-electron chi connectivity index (χ4n) is 3.35. The summed E-state index contributed by atoms with van der Waals surface area (Å²) in [5, 5.41) is 12.8. The maximum Gasteiger partial charge on any atom is 0.264 e. The number of hydrogen-bond acceptors (Lipinski definition) is 3. The molecule has 0 aliphatic carbocycles. The molecule has 0 amide bonds. The summed E-state index contributed by atoms with van der Waals surface area (Å²) in [5.41, 5.74) is 4.02. The maximum absolute atomic E-state index is 13.3. The van der Waals surface area contributed by atoms with E-state index in [-0.39, 0.29) is 11.0 Å². The summed E-state index contributed by atoms with van der Waals surface area (Å²) in [6, 6.07) is 10.3. The minimum absolute atomic E-state index is 0.0909. The van der Waals surface area contributed by atoms with Gasteiger partial charge in [-0.15, -0.1) is 11.3 Å². The van der Waals surface area contributed by atoms with Gasteiger partial charge in [0.15, 0.2) is 0 Å². The number of nitrogens with one attached hydrogen (secondary N) is 1. The summed E-state index contributed by atoms with van der Waals surface area (Å²) in [5.74, 6) is 0. The highest BCUT2D eigenvalue weighted by molar-refractivity contribution is 7.17. The molecule has 1 aromatic carbocycles. The molecule has 0 unspecified atom stereocenters. The molecule has 0 fully saturated rings. The Kier molecular flexibility index (Phi) is 3.57. The van der Waals surface area contributed by atoms with Crippen LogP contribution >= 0.6 is 11.3 Å². The predicted octanol–water partition coefficient (Wildman–Crippen LogP) is 4.99. The summed E-state index contributed by atoms with van der Waals surface area (Å²) in [4.78, 5) is 16.6. The van der Waals surface area contributed by atoms with Gasteiger partial charge in [0.2, 0.25) is 0 Å². The molecule has 26 heavy (non-hydrogen) atoms. The lowest BCUT2D eigenvalue weighted by Gasteiger charge is -2.14. The highest BCUT2D eigenvalue weighted by Crippen LogP contribution is 2.35. The van der Waals surface area contributed by atoms with Crippen molar-refractivity contribution < 1.29 is 0 Å². The van der Waals surface area contributed by atoms with Gasteiger partial charge >= 0.3 is 0 Å². The molecule has 0 saturated heterocycles. The second-order valence-electron chi connectivity index (χ2n) is 7.57. The zero-order valence-corrected chi connectivity index (χ0v) is 16.0. The second kappa shape index (κ2) is 5.58. The van der Waals surface area contributed by atoms with Crippen LogP contribution in [-0.4, -0.2) is 9.38 Å². The molecule has 3 aromatic heterocycles. The van der Waals surface area contributed by atoms with Gasteiger partial charge in [0.05, 0.1) is 11.1 Å². The third-order valence-electron chi connectivity index (χ3n) is 4.84. The van der Waals surface area contributed by atoms with E-state index in [9.17, 15) is 10.1 Å². The van der Waals surface area contributed by atoms with Crippen LogP contribution in [0.3, 0.4) is 0 Å². The van der Waals surface area contributed by atoms with Crippen LogP contribution in [0.5, 0.6) is 0 Å². The minimum atomic E-state index is -0.145. The van der Waals surface area contributed by atoms with E-state index in [0.29, 0.717) is 16.8 Å². The number of imidazole rings is 1. The highest BCUT2D eigenvalue weighted by atomic mass is 32.1. The molecule has 0 atom stereocenters. The van der Waals surface area contributed by atoms with E-state index >= 15 is 0 Å². The topological polar surface area (TPSA) is 61.1 Å². The lowest BCUT2D eigenvalue weighted by molar-refractivity contribution is 0.573. The molecule has 4 aromatic rings. The molecule has 4 nitrogen and oxygen atoms in total. The van der Waals surface area contributed by atoms with E-state index in [2.05, 4.69) is 31.8 Å². The van der Waals surface area contributed by atoms with Crippen LogP contribution in [0.2, 0.25) is 0 Å². The van der Waals surface area contributed by atoms with Gasteiger partial charge in [-0.1, -0.05) is 39.0 Å². The van der Waals surface area contributed by atoms with Crippen LogP contribution in [0.25, 0.3) is 26.9 Å². The van der Waals surface area contributed by atoms with E-state index in [4.69, 9.17) is 0 Å². The summed E-state index contributed by atoms with van der Waals surface area (Å²) in [6.45, 7) is 8.10. The van der Waals surface area contributed by atoms with Crippen LogP contribution in [0, 0.1) is 18.3 Å². The zero-order valence-electron chi connectivity index (χ0n) is 15.2. The number of rotatable bonds is 1. The first-order valence-electron chi connectivity index (χ1n) is 8.48. The molecule has 130 valence electrons. The molecule has 0 bridgehead atoms. The lowest BCUT2D eigenvalue weighted by Crippen LogP contribution is -2.17. The van der Waals surface area contributed by atoms with Crippen molar-refractivity contribution in [2.45, 2.75) is 33.1 Å². The molecule has 0 radical (unpaired) electrons. The van der Waals surface area contributed by atoms with Crippen molar-refractivity contribution in [3.8, 4) is 17.2 Å². The number of benzene rings is 1. The number of aromatic amines is 1. The Morgan fingerprint density at radius 2 is 1.96 bits per heavy atom. The average molecular weight is 361 g/mol. The van der Waals surface area contributed by atoms with E-state index in [1.165, 1.54) is 0 Å². The summed E-state index contributed by atoms with van der Waals surface area (Å²) in [6.07, 6.45) is 1.83. The predicted molar refractivity (Wildman–Crippen MR) is 107 cm³/mol. The number of thiophene rings is 1. The van der Waals surface area contributed by atoms with Crippen molar-refractivity contribution in [2.24, 2.45) is 0 Å². The normalized spacial score (nSPS) is 12.0. The molecular weight excluding hydrogens is 342 g/mol. The Balaban J connectivity index is 2.14. The number of aromatic nitrogens is 2. The first kappa shape index (κ1) is 16.6. The molecule has 0 spiro atoms. The maximum atomic E-state index is 13.3. The first-order valence-corrected chi connectivity index (χ1v) is 9.36. The number of hydrogen-bond donors (Lipinski definition) is 1. The van der Waals surface area contributed by atoms with Crippen molar-refractivity contribution in [3.63, 3.8) is 0 Å². The fourth-order valence-corrected chi connectivity index (χ4v) is 4.30. The van der Waals surface area contributed by atoms with Gasteiger partial charge in [0, 0.05) is 38.3 Å². The van der Waals surface area contributed by atoms with Crippen LogP contribution < -0.4 is 5.56 Å². The van der Waals surface area contributed by atoms with Crippen LogP contribution in [0.4, 0.5) is 0 Å². The van der Waals surface area contributed by atoms with Gasteiger partial charge in [-0.25, -0.2) is 0 Å². The van der Waals surface area contributed by atoms with Gasteiger partial charge in [0.1, 0.15) is 11.7 Å². The van der Waals surface area contributed by atoms with Crippen LogP contribution in [-0.2, 0) is 5.41 Å². The van der Waals surface area contributed by atoms with Crippen molar-refractivity contribution >= 4 is 27.1 Å². The number of H-pyrrole nitrogens is 1. The Bertz CT molecular complexity index is 1260. The standard InChI is InChI=1S/C21H19N3OS/c1-12-14(9-22)19-23-17(21(2,3)4)10-24(19)20(25)18(12)15-11-26-16-8-6-5-7-13(15)16/h5-8,10-11,23H,1-4H3. The third-order valence-corrected chi connectivity index (χ3v) is 5.81. The van der Waals surface area contributed by atoms with Crippen molar-refractivity contribution in [1.29, 1.82) is 5.26 Å². The molecule has 3 heterocycles. The van der Waals surface area contributed by atoms with Gasteiger partial charge in [-0.3, -0.25) is 9.20 Å². The van der Waals surface area contributed by atoms with Gasteiger partial charge in [0.25, 0.3) is 5.56 Å². The average Bonchev–Trinajstić information content (AvgIpc) is 3.20. The Hall–Kier alpha value is -2.84. The fraction of sp³-hybridized carbons (Fsp3) is 0.238. The first-order chi connectivity index (χ1) is 12.3. The van der Waals surface area contributed by atoms with Crippen molar-refractivity contribution in [3.05, 3.63) is 63.0 Å². The Morgan fingerprint density at radius 3 is 2.65 bits per heavy atom. The second-order valence-corrected chi connectivity index (χ2v) is 8.49. The molecule has 0 aliphatic heterocycles. The lowest BCUT2D eigenvalue weighted by atomic mass is 9.93. The van der Waals surface area contributed by atoms with Crippen molar-refractivity contribution in [2.75, 3.05) is 0 Å². The number of nitrogens with zero attached hydrogens (tertiary/aromatic N) is 2. The molecule has 0 saturated carbocycles. The van der Waals surface area contributed by atoms with Crippen LogP contribution in [0.1, 0.15) is 37.6 Å². The largest absolute Gasteiger partial charge is 0.342 e. The zero-order chi connectivity index (χ0) is 18.6. The van der Waals surface area contributed by atoms with Crippen LogP contribution in [0.15, 0.2) is 40.6 Å². The smallest absolute Gasteiger partial charge is 0.264 e.